The van der Waals surface area contributed by atoms with Gasteiger partial charge < -0.3 is 15.1 Å². The van der Waals surface area contributed by atoms with E-state index in [0.29, 0.717) is 11.5 Å². The van der Waals surface area contributed by atoms with Gasteiger partial charge in [0.2, 0.25) is 0 Å². The largest absolute Gasteiger partial charge is 0.325 e. The standard InChI is InChI=1S/C21H33N3O/c1-21(2,17-7-8-17)15-16-5-9-18(10-6-16)22-20(25)24(4)19-11-13-23(3)14-12-19/h5-6,9-10,17,19H,7-8,11-15H2,1-4H3,(H,22,25). The minimum absolute atomic E-state index is 0.000568. The molecule has 2 amide bonds. The van der Waals surface area contributed by atoms with E-state index in [4.69, 9.17) is 0 Å². The van der Waals surface area contributed by atoms with E-state index in [1.165, 1.54) is 18.4 Å². The number of anilines is 1. The molecule has 0 radical (unpaired) electrons. The van der Waals surface area contributed by atoms with Crippen LogP contribution in [-0.4, -0.2) is 49.1 Å². The number of rotatable bonds is 5. The van der Waals surface area contributed by atoms with E-state index in [1.54, 1.807) is 0 Å². The molecule has 1 saturated carbocycles. The summed E-state index contributed by atoms with van der Waals surface area (Å²) in [6, 6.07) is 8.75. The summed E-state index contributed by atoms with van der Waals surface area (Å²) < 4.78 is 0. The lowest BCUT2D eigenvalue weighted by Crippen LogP contribution is -2.46. The number of carbonyl (C=O) groups excluding carboxylic acids is 1. The van der Waals surface area contributed by atoms with E-state index in [9.17, 15) is 4.79 Å². The number of hydrogen-bond donors (Lipinski definition) is 1. The Morgan fingerprint density at radius 3 is 2.32 bits per heavy atom. The maximum atomic E-state index is 12.5. The van der Waals surface area contributed by atoms with Crippen molar-refractivity contribution in [3.05, 3.63) is 29.8 Å². The molecule has 2 fully saturated rings. The maximum absolute atomic E-state index is 12.5. The summed E-state index contributed by atoms with van der Waals surface area (Å²) >= 11 is 0. The molecular formula is C21H33N3O. The quantitative estimate of drug-likeness (QED) is 0.869. The van der Waals surface area contributed by atoms with E-state index >= 15 is 0 Å². The first-order chi connectivity index (χ1) is 11.8. The molecule has 25 heavy (non-hydrogen) atoms. The van der Waals surface area contributed by atoms with Crippen LogP contribution in [0.5, 0.6) is 0 Å². The minimum Gasteiger partial charge on any atom is -0.325 e. The Bertz CT molecular complexity index is 584. The highest BCUT2D eigenvalue weighted by molar-refractivity contribution is 5.89. The van der Waals surface area contributed by atoms with Crippen LogP contribution in [0, 0.1) is 11.3 Å². The SMILES string of the molecule is CN1CCC(N(C)C(=O)Nc2ccc(CC(C)(C)C3CC3)cc2)CC1. The van der Waals surface area contributed by atoms with Gasteiger partial charge in [-0.3, -0.25) is 0 Å². The first-order valence-electron chi connectivity index (χ1n) is 9.66. The van der Waals surface area contributed by atoms with Crippen LogP contribution in [0.15, 0.2) is 24.3 Å². The lowest BCUT2D eigenvalue weighted by molar-refractivity contribution is 0.156. The Balaban J connectivity index is 1.53. The predicted molar refractivity (Wildman–Crippen MR) is 104 cm³/mol. The van der Waals surface area contributed by atoms with Crippen LogP contribution < -0.4 is 5.32 Å². The van der Waals surface area contributed by atoms with Crippen LogP contribution >= 0.6 is 0 Å². The normalized spacial score (nSPS) is 19.7. The average molecular weight is 344 g/mol. The zero-order chi connectivity index (χ0) is 18.0. The van der Waals surface area contributed by atoms with Gasteiger partial charge in [0.1, 0.15) is 0 Å². The number of nitrogens with one attached hydrogen (secondary N) is 1. The summed E-state index contributed by atoms with van der Waals surface area (Å²) in [5.74, 6) is 0.884. The van der Waals surface area contributed by atoms with E-state index in [-0.39, 0.29) is 6.03 Å². The van der Waals surface area contributed by atoms with Gasteiger partial charge in [0, 0.05) is 18.8 Å². The van der Waals surface area contributed by atoms with Gasteiger partial charge >= 0.3 is 6.03 Å². The van der Waals surface area contributed by atoms with Gasteiger partial charge in [-0.1, -0.05) is 26.0 Å². The predicted octanol–water partition coefficient (Wildman–Crippen LogP) is 4.22. The van der Waals surface area contributed by atoms with Gasteiger partial charge in [0.05, 0.1) is 0 Å². The fraction of sp³-hybridized carbons (Fsp3) is 0.667. The summed E-state index contributed by atoms with van der Waals surface area (Å²) in [5.41, 5.74) is 2.63. The molecule has 1 heterocycles. The molecule has 138 valence electrons. The molecule has 3 rings (SSSR count). The summed E-state index contributed by atoms with van der Waals surface area (Å²) in [5, 5.41) is 3.05. The molecule has 1 N–H and O–H groups in total. The Morgan fingerprint density at radius 1 is 1.16 bits per heavy atom. The van der Waals surface area contributed by atoms with Gasteiger partial charge in [-0.25, -0.2) is 4.79 Å². The second-order valence-electron chi connectivity index (χ2n) is 8.71. The van der Waals surface area contributed by atoms with Gasteiger partial charge in [-0.05, 0) is 81.3 Å². The van der Waals surface area contributed by atoms with Gasteiger partial charge in [-0.15, -0.1) is 0 Å². The number of likely N-dealkylation sites (tertiary alicyclic amines) is 1. The molecular weight excluding hydrogens is 310 g/mol. The van der Waals surface area contributed by atoms with Crippen molar-refractivity contribution in [1.82, 2.24) is 9.80 Å². The summed E-state index contributed by atoms with van der Waals surface area (Å²) in [4.78, 5) is 16.7. The lowest BCUT2D eigenvalue weighted by Gasteiger charge is -2.35. The van der Waals surface area contributed by atoms with E-state index in [1.807, 2.05) is 24.1 Å². The van der Waals surface area contributed by atoms with Crippen molar-refractivity contribution in [2.24, 2.45) is 11.3 Å². The summed E-state index contributed by atoms with van der Waals surface area (Å²) in [6.45, 7) is 6.87. The molecule has 0 unspecified atom stereocenters. The zero-order valence-corrected chi connectivity index (χ0v) is 16.2. The molecule has 4 nitrogen and oxygen atoms in total. The third-order valence-electron chi connectivity index (χ3n) is 6.10. The molecule has 1 aromatic rings. The maximum Gasteiger partial charge on any atom is 0.321 e. The molecule has 0 atom stereocenters. The van der Waals surface area contributed by atoms with Crippen LogP contribution in [0.1, 0.15) is 45.1 Å². The number of urea groups is 1. The fourth-order valence-corrected chi connectivity index (χ4v) is 4.00. The van der Waals surface area contributed by atoms with Crippen LogP contribution in [0.4, 0.5) is 10.5 Å². The van der Waals surface area contributed by atoms with Crippen molar-refractivity contribution in [3.8, 4) is 0 Å². The third-order valence-corrected chi connectivity index (χ3v) is 6.10. The molecule has 2 aliphatic rings. The number of benzene rings is 1. The second-order valence-corrected chi connectivity index (χ2v) is 8.71. The molecule has 4 heteroatoms. The van der Waals surface area contributed by atoms with E-state index in [2.05, 4.69) is 43.2 Å². The van der Waals surface area contributed by atoms with Crippen molar-refractivity contribution in [2.45, 2.75) is 52.0 Å². The summed E-state index contributed by atoms with van der Waals surface area (Å²) in [7, 11) is 4.06. The Morgan fingerprint density at radius 2 is 1.76 bits per heavy atom. The van der Waals surface area contributed by atoms with Crippen molar-refractivity contribution < 1.29 is 4.79 Å². The van der Waals surface area contributed by atoms with Crippen molar-refractivity contribution >= 4 is 11.7 Å². The molecule has 0 spiro atoms. The highest BCUT2D eigenvalue weighted by atomic mass is 16.2. The molecule has 1 aromatic carbocycles. The Hall–Kier alpha value is -1.55. The molecule has 1 aliphatic carbocycles. The molecule has 1 saturated heterocycles. The topological polar surface area (TPSA) is 35.6 Å². The zero-order valence-electron chi connectivity index (χ0n) is 16.2. The van der Waals surface area contributed by atoms with Gasteiger partial charge in [-0.2, -0.15) is 0 Å². The molecule has 1 aliphatic heterocycles. The van der Waals surface area contributed by atoms with E-state index in [0.717, 1.165) is 44.0 Å². The number of amides is 2. The molecule has 0 aromatic heterocycles. The monoisotopic (exact) mass is 343 g/mol. The summed E-state index contributed by atoms with van der Waals surface area (Å²) in [6.07, 6.45) is 5.97. The smallest absolute Gasteiger partial charge is 0.321 e. The number of nitrogens with zero attached hydrogens (tertiary/aromatic N) is 2. The number of carbonyl (C=O) groups is 1. The van der Waals surface area contributed by atoms with Crippen molar-refractivity contribution in [1.29, 1.82) is 0 Å². The van der Waals surface area contributed by atoms with Crippen LogP contribution in [-0.2, 0) is 6.42 Å². The lowest BCUT2D eigenvalue weighted by atomic mass is 9.81. The van der Waals surface area contributed by atoms with Crippen LogP contribution in [0.2, 0.25) is 0 Å². The second kappa shape index (κ2) is 7.36. The highest BCUT2D eigenvalue weighted by Gasteiger charge is 2.37. The highest BCUT2D eigenvalue weighted by Crippen LogP contribution is 2.46. The number of hydrogen-bond acceptors (Lipinski definition) is 2. The third kappa shape index (κ3) is 4.75. The fourth-order valence-electron chi connectivity index (χ4n) is 4.00. The van der Waals surface area contributed by atoms with Crippen molar-refractivity contribution in [2.75, 3.05) is 32.5 Å². The van der Waals surface area contributed by atoms with Crippen LogP contribution in [0.25, 0.3) is 0 Å². The molecule has 0 bridgehead atoms. The average Bonchev–Trinajstić information content (AvgIpc) is 3.42. The van der Waals surface area contributed by atoms with Gasteiger partial charge in [0.15, 0.2) is 0 Å². The first kappa shape index (κ1) is 18.2. The minimum atomic E-state index is 0.000568. The Kier molecular flexibility index (Phi) is 5.38. The van der Waals surface area contributed by atoms with Crippen LogP contribution in [0.3, 0.4) is 0 Å². The Labute approximate surface area is 152 Å². The first-order valence-corrected chi connectivity index (χ1v) is 9.66. The van der Waals surface area contributed by atoms with E-state index < -0.39 is 0 Å². The van der Waals surface area contributed by atoms with Gasteiger partial charge in [0.25, 0.3) is 0 Å². The van der Waals surface area contributed by atoms with Crippen molar-refractivity contribution in [3.63, 3.8) is 0 Å². The number of piperidine rings is 1.